The molecule has 1 atom stereocenters. The molecule has 0 saturated carbocycles. The van der Waals surface area contributed by atoms with Gasteiger partial charge in [0, 0.05) is 19.5 Å². The molecule has 0 fully saturated rings. The fourth-order valence-corrected chi connectivity index (χ4v) is 2.76. The number of hydrogen-bond acceptors (Lipinski definition) is 4. The fraction of sp³-hybridized carbons (Fsp3) is 0.364. The third kappa shape index (κ3) is 7.02. The molecule has 0 bridgehead atoms. The minimum atomic E-state index is -0.449. The van der Waals surface area contributed by atoms with Crippen LogP contribution in [0.4, 0.5) is 4.39 Å². The van der Waals surface area contributed by atoms with Crippen molar-refractivity contribution in [2.24, 2.45) is 5.92 Å². The van der Waals surface area contributed by atoms with Gasteiger partial charge in [-0.05, 0) is 36.2 Å². The second-order valence-corrected chi connectivity index (χ2v) is 6.59. The van der Waals surface area contributed by atoms with E-state index in [4.69, 9.17) is 9.47 Å². The number of esters is 1. The minimum Gasteiger partial charge on any atom is -0.494 e. The SMILES string of the molecule is COC(=O)C(C)CN(Cc1ccc(F)cc1)C(=O)CCCOc1ccccc1. The van der Waals surface area contributed by atoms with Crippen LogP contribution in [0.25, 0.3) is 0 Å². The van der Waals surface area contributed by atoms with Gasteiger partial charge in [0.1, 0.15) is 11.6 Å². The number of amides is 1. The molecular weight excluding hydrogens is 361 g/mol. The Labute approximate surface area is 165 Å². The Balaban J connectivity index is 1.92. The summed E-state index contributed by atoms with van der Waals surface area (Å²) in [7, 11) is 1.33. The molecule has 0 radical (unpaired) electrons. The van der Waals surface area contributed by atoms with Gasteiger partial charge in [-0.25, -0.2) is 4.39 Å². The van der Waals surface area contributed by atoms with Crippen molar-refractivity contribution in [1.29, 1.82) is 0 Å². The molecule has 0 aliphatic rings. The summed E-state index contributed by atoms with van der Waals surface area (Å²) >= 11 is 0. The molecule has 1 amide bonds. The van der Waals surface area contributed by atoms with Gasteiger partial charge in [-0.3, -0.25) is 9.59 Å². The number of nitrogens with zero attached hydrogens (tertiary/aromatic N) is 1. The van der Waals surface area contributed by atoms with Crippen LogP contribution in [-0.4, -0.2) is 37.0 Å². The normalized spacial score (nSPS) is 11.5. The first kappa shape index (κ1) is 21.4. The molecule has 28 heavy (non-hydrogen) atoms. The van der Waals surface area contributed by atoms with Crippen molar-refractivity contribution in [1.82, 2.24) is 4.90 Å². The van der Waals surface area contributed by atoms with Gasteiger partial charge < -0.3 is 14.4 Å². The van der Waals surface area contributed by atoms with E-state index in [0.717, 1.165) is 11.3 Å². The smallest absolute Gasteiger partial charge is 0.310 e. The van der Waals surface area contributed by atoms with Crippen LogP contribution in [0.3, 0.4) is 0 Å². The van der Waals surface area contributed by atoms with Crippen LogP contribution >= 0.6 is 0 Å². The van der Waals surface area contributed by atoms with E-state index in [0.29, 0.717) is 26.0 Å². The second-order valence-electron chi connectivity index (χ2n) is 6.59. The van der Waals surface area contributed by atoms with Crippen molar-refractivity contribution < 1.29 is 23.5 Å². The van der Waals surface area contributed by atoms with Crippen molar-refractivity contribution in [2.75, 3.05) is 20.3 Å². The Kier molecular flexibility index (Phi) is 8.46. The van der Waals surface area contributed by atoms with Gasteiger partial charge in [0.25, 0.3) is 0 Å². The predicted octanol–water partition coefficient (Wildman–Crippen LogP) is 3.82. The summed E-state index contributed by atoms with van der Waals surface area (Å²) in [5.41, 5.74) is 0.798. The highest BCUT2D eigenvalue weighted by molar-refractivity contribution is 5.78. The first-order valence-corrected chi connectivity index (χ1v) is 9.27. The van der Waals surface area contributed by atoms with Crippen LogP contribution in [0, 0.1) is 11.7 Å². The molecule has 0 N–H and O–H groups in total. The average Bonchev–Trinajstić information content (AvgIpc) is 2.72. The number of carbonyl (C=O) groups excluding carboxylic acids is 2. The summed E-state index contributed by atoms with van der Waals surface area (Å²) in [6.45, 7) is 2.68. The lowest BCUT2D eigenvalue weighted by Gasteiger charge is -2.25. The molecule has 2 aromatic carbocycles. The number of hydrogen-bond donors (Lipinski definition) is 0. The number of methoxy groups -OCH3 is 1. The fourth-order valence-electron chi connectivity index (χ4n) is 2.76. The average molecular weight is 387 g/mol. The zero-order chi connectivity index (χ0) is 20.4. The maximum Gasteiger partial charge on any atom is 0.310 e. The highest BCUT2D eigenvalue weighted by Gasteiger charge is 2.21. The van der Waals surface area contributed by atoms with Crippen molar-refractivity contribution >= 4 is 11.9 Å². The summed E-state index contributed by atoms with van der Waals surface area (Å²) in [6, 6.07) is 15.4. The Morgan fingerprint density at radius 2 is 1.75 bits per heavy atom. The molecule has 0 aliphatic heterocycles. The van der Waals surface area contributed by atoms with Crippen molar-refractivity contribution in [2.45, 2.75) is 26.3 Å². The monoisotopic (exact) mass is 387 g/mol. The molecule has 1 unspecified atom stereocenters. The van der Waals surface area contributed by atoms with E-state index in [-0.39, 0.29) is 24.2 Å². The number of para-hydroxylation sites is 1. The number of benzene rings is 2. The van der Waals surface area contributed by atoms with Crippen LogP contribution in [-0.2, 0) is 20.9 Å². The van der Waals surface area contributed by atoms with Crippen molar-refractivity contribution in [3.8, 4) is 5.75 Å². The third-order valence-electron chi connectivity index (χ3n) is 4.28. The van der Waals surface area contributed by atoms with E-state index in [1.54, 1.807) is 24.0 Å². The van der Waals surface area contributed by atoms with E-state index in [2.05, 4.69) is 0 Å². The van der Waals surface area contributed by atoms with E-state index in [1.807, 2.05) is 30.3 Å². The van der Waals surface area contributed by atoms with Crippen LogP contribution in [0.2, 0.25) is 0 Å². The minimum absolute atomic E-state index is 0.0864. The highest BCUT2D eigenvalue weighted by atomic mass is 19.1. The molecule has 0 aliphatic carbocycles. The molecule has 0 spiro atoms. The lowest BCUT2D eigenvalue weighted by atomic mass is 10.1. The molecule has 5 nitrogen and oxygen atoms in total. The maximum atomic E-state index is 13.1. The quantitative estimate of drug-likeness (QED) is 0.459. The molecule has 0 saturated heterocycles. The number of carbonyl (C=O) groups is 2. The van der Waals surface area contributed by atoms with Crippen LogP contribution in [0.1, 0.15) is 25.3 Å². The first-order chi connectivity index (χ1) is 13.5. The van der Waals surface area contributed by atoms with Gasteiger partial charge in [0.2, 0.25) is 5.91 Å². The van der Waals surface area contributed by atoms with Gasteiger partial charge in [0.15, 0.2) is 0 Å². The molecule has 150 valence electrons. The van der Waals surface area contributed by atoms with E-state index in [1.165, 1.54) is 19.2 Å². The van der Waals surface area contributed by atoms with Gasteiger partial charge in [-0.2, -0.15) is 0 Å². The second kappa shape index (κ2) is 11.1. The molecule has 2 aromatic rings. The zero-order valence-electron chi connectivity index (χ0n) is 16.3. The summed E-state index contributed by atoms with van der Waals surface area (Å²) in [5.74, 6) is -0.476. The van der Waals surface area contributed by atoms with Gasteiger partial charge in [-0.15, -0.1) is 0 Å². The molecule has 6 heteroatoms. The van der Waals surface area contributed by atoms with Crippen molar-refractivity contribution in [3.05, 3.63) is 66.0 Å². The number of halogens is 1. The third-order valence-corrected chi connectivity index (χ3v) is 4.28. The highest BCUT2D eigenvalue weighted by Crippen LogP contribution is 2.13. The van der Waals surface area contributed by atoms with Crippen LogP contribution in [0.5, 0.6) is 5.75 Å². The van der Waals surface area contributed by atoms with E-state index >= 15 is 0 Å². The van der Waals surface area contributed by atoms with E-state index < -0.39 is 5.92 Å². The number of rotatable bonds is 10. The standard InChI is InChI=1S/C22H26FNO4/c1-17(22(26)27-2)15-24(16-18-10-12-19(23)13-11-18)21(25)9-6-14-28-20-7-4-3-5-8-20/h3-5,7-8,10-13,17H,6,9,14-16H2,1-2H3. The largest absolute Gasteiger partial charge is 0.494 e. The molecule has 0 heterocycles. The van der Waals surface area contributed by atoms with Crippen LogP contribution < -0.4 is 4.74 Å². The Hall–Kier alpha value is -2.89. The van der Waals surface area contributed by atoms with Gasteiger partial charge in [0.05, 0.1) is 19.6 Å². The first-order valence-electron chi connectivity index (χ1n) is 9.27. The number of ether oxygens (including phenoxy) is 2. The lowest BCUT2D eigenvalue weighted by Crippen LogP contribution is -2.37. The predicted molar refractivity (Wildman–Crippen MR) is 104 cm³/mol. The summed E-state index contributed by atoms with van der Waals surface area (Å²) in [4.78, 5) is 26.1. The summed E-state index contributed by atoms with van der Waals surface area (Å²) < 4.78 is 23.5. The Morgan fingerprint density at radius 1 is 1.07 bits per heavy atom. The molecular formula is C22H26FNO4. The molecule has 2 rings (SSSR count). The van der Waals surface area contributed by atoms with Crippen LogP contribution in [0.15, 0.2) is 54.6 Å². The van der Waals surface area contributed by atoms with E-state index in [9.17, 15) is 14.0 Å². The van der Waals surface area contributed by atoms with Crippen molar-refractivity contribution in [3.63, 3.8) is 0 Å². The summed E-state index contributed by atoms with van der Waals surface area (Å²) in [5, 5.41) is 0. The Bertz CT molecular complexity index is 749. The molecule has 0 aromatic heterocycles. The zero-order valence-corrected chi connectivity index (χ0v) is 16.3. The maximum absolute atomic E-state index is 13.1. The summed E-state index contributed by atoms with van der Waals surface area (Å²) in [6.07, 6.45) is 0.849. The van der Waals surface area contributed by atoms with Gasteiger partial charge >= 0.3 is 5.97 Å². The topological polar surface area (TPSA) is 55.8 Å². The lowest BCUT2D eigenvalue weighted by molar-refractivity contribution is -0.146. The van der Waals surface area contributed by atoms with Gasteiger partial charge in [-0.1, -0.05) is 37.3 Å². The Morgan fingerprint density at radius 3 is 2.39 bits per heavy atom.